The van der Waals surface area contributed by atoms with Crippen LogP contribution in [0.1, 0.15) is 101 Å². The van der Waals surface area contributed by atoms with E-state index in [4.69, 9.17) is 9.84 Å². The standard InChI is InChI=1S/C27H54O8/c1-24(2,3)16-25(4,5)12-19(30)20(31)13-26(6,7)17-27(8,9)14-22(33)35-15-21(32)23(34)18(29)10-11-28/h18-21,23,28-32,34H,10-17H2,1-9H3/t18-,19?,20?,21-,23+/m1/s1. The summed E-state index contributed by atoms with van der Waals surface area (Å²) in [5, 5.41) is 59.6. The van der Waals surface area contributed by atoms with E-state index in [0.717, 1.165) is 6.42 Å². The fourth-order valence-corrected chi connectivity index (χ4v) is 5.62. The zero-order chi connectivity index (χ0) is 27.8. The Morgan fingerprint density at radius 3 is 1.57 bits per heavy atom. The second-order valence-electron chi connectivity index (χ2n) is 13.9. The van der Waals surface area contributed by atoms with Crippen molar-refractivity contribution in [1.82, 2.24) is 0 Å². The van der Waals surface area contributed by atoms with Gasteiger partial charge in [0.15, 0.2) is 0 Å². The lowest BCUT2D eigenvalue weighted by molar-refractivity contribution is -0.154. The average Bonchev–Trinajstić information content (AvgIpc) is 2.61. The van der Waals surface area contributed by atoms with Gasteiger partial charge in [-0.05, 0) is 53.8 Å². The molecule has 0 fully saturated rings. The van der Waals surface area contributed by atoms with Gasteiger partial charge in [0, 0.05) is 6.61 Å². The molecule has 0 aliphatic carbocycles. The van der Waals surface area contributed by atoms with Gasteiger partial charge < -0.3 is 35.4 Å². The maximum absolute atomic E-state index is 12.4. The van der Waals surface area contributed by atoms with Crippen molar-refractivity contribution < 1.29 is 40.2 Å². The molecule has 0 spiro atoms. The van der Waals surface area contributed by atoms with Crippen molar-refractivity contribution in [2.24, 2.45) is 21.7 Å². The van der Waals surface area contributed by atoms with Gasteiger partial charge in [0.1, 0.15) is 18.8 Å². The van der Waals surface area contributed by atoms with E-state index in [0.29, 0.717) is 19.3 Å². The van der Waals surface area contributed by atoms with Gasteiger partial charge in [-0.2, -0.15) is 0 Å². The predicted octanol–water partition coefficient (Wildman–Crippen LogP) is 2.79. The average molecular weight is 507 g/mol. The summed E-state index contributed by atoms with van der Waals surface area (Å²) < 4.78 is 5.11. The molecule has 0 aromatic heterocycles. The molecule has 0 heterocycles. The minimum Gasteiger partial charge on any atom is -0.463 e. The van der Waals surface area contributed by atoms with Crippen LogP contribution in [0.25, 0.3) is 0 Å². The number of rotatable bonds is 16. The highest BCUT2D eigenvalue weighted by atomic mass is 16.5. The second kappa shape index (κ2) is 13.7. The molecule has 0 bridgehead atoms. The molecule has 0 aliphatic rings. The molecule has 2 unspecified atom stereocenters. The summed E-state index contributed by atoms with van der Waals surface area (Å²) in [5.74, 6) is -0.543. The van der Waals surface area contributed by atoms with Crippen LogP contribution in [0, 0.1) is 21.7 Å². The van der Waals surface area contributed by atoms with Crippen molar-refractivity contribution in [2.45, 2.75) is 131 Å². The number of aliphatic hydroxyl groups excluding tert-OH is 6. The van der Waals surface area contributed by atoms with E-state index < -0.39 is 48.5 Å². The van der Waals surface area contributed by atoms with Gasteiger partial charge in [-0.15, -0.1) is 0 Å². The number of hydrogen-bond donors (Lipinski definition) is 6. The van der Waals surface area contributed by atoms with E-state index in [1.807, 2.05) is 27.7 Å². The zero-order valence-corrected chi connectivity index (χ0v) is 23.5. The molecular weight excluding hydrogens is 452 g/mol. The molecule has 0 rings (SSSR count). The van der Waals surface area contributed by atoms with Crippen LogP contribution in [-0.4, -0.2) is 80.3 Å². The van der Waals surface area contributed by atoms with Crippen molar-refractivity contribution in [2.75, 3.05) is 13.2 Å². The number of carbonyl (C=O) groups is 1. The monoisotopic (exact) mass is 506 g/mol. The number of aliphatic hydroxyl groups is 6. The van der Waals surface area contributed by atoms with Crippen LogP contribution in [0.4, 0.5) is 0 Å². The molecule has 210 valence electrons. The first kappa shape index (κ1) is 34.2. The van der Waals surface area contributed by atoms with Gasteiger partial charge in [-0.25, -0.2) is 0 Å². The lowest BCUT2D eigenvalue weighted by Gasteiger charge is -2.38. The predicted molar refractivity (Wildman–Crippen MR) is 137 cm³/mol. The van der Waals surface area contributed by atoms with Gasteiger partial charge in [-0.1, -0.05) is 62.3 Å². The molecule has 6 N–H and O–H groups in total. The molecule has 0 aliphatic heterocycles. The number of hydrogen-bond acceptors (Lipinski definition) is 8. The van der Waals surface area contributed by atoms with Crippen molar-refractivity contribution in [3.05, 3.63) is 0 Å². The normalized spacial score (nSPS) is 18.0. The molecular formula is C27H54O8. The summed E-state index contributed by atoms with van der Waals surface area (Å²) in [4.78, 5) is 12.4. The topological polar surface area (TPSA) is 148 Å². The summed E-state index contributed by atoms with van der Waals surface area (Å²) >= 11 is 0. The van der Waals surface area contributed by atoms with Gasteiger partial charge in [0.25, 0.3) is 0 Å². The van der Waals surface area contributed by atoms with E-state index in [2.05, 4.69) is 34.6 Å². The SMILES string of the molecule is CC(C)(C)CC(C)(C)CC(O)C(O)CC(C)(C)CC(C)(C)CC(=O)OC[C@@H](O)[C@@H](O)[C@H](O)CCO. The molecule has 0 aromatic carbocycles. The summed E-state index contributed by atoms with van der Waals surface area (Å²) in [6.45, 7) is 17.7. The first-order chi connectivity index (χ1) is 15.6. The van der Waals surface area contributed by atoms with Crippen LogP contribution in [0.5, 0.6) is 0 Å². The summed E-state index contributed by atoms with van der Waals surface area (Å²) in [7, 11) is 0. The maximum atomic E-state index is 12.4. The Labute approximate surface area is 212 Å². The minimum absolute atomic E-state index is 0.0652. The highest BCUT2D eigenvalue weighted by Crippen LogP contribution is 2.41. The molecule has 0 aromatic rings. The van der Waals surface area contributed by atoms with E-state index in [9.17, 15) is 30.3 Å². The first-order valence-corrected chi connectivity index (χ1v) is 12.8. The first-order valence-electron chi connectivity index (χ1n) is 12.8. The number of carbonyl (C=O) groups excluding carboxylic acids is 1. The summed E-state index contributed by atoms with van der Waals surface area (Å²) in [6, 6.07) is 0. The third kappa shape index (κ3) is 15.2. The van der Waals surface area contributed by atoms with Crippen LogP contribution < -0.4 is 0 Å². The highest BCUT2D eigenvalue weighted by Gasteiger charge is 2.36. The third-order valence-corrected chi connectivity index (χ3v) is 6.18. The Bertz CT molecular complexity index is 623. The summed E-state index contributed by atoms with van der Waals surface area (Å²) in [5.41, 5.74) is -0.823. The van der Waals surface area contributed by atoms with Crippen molar-refractivity contribution in [3.8, 4) is 0 Å². The zero-order valence-electron chi connectivity index (χ0n) is 23.5. The Hall–Kier alpha value is -0.770. The largest absolute Gasteiger partial charge is 0.463 e. The van der Waals surface area contributed by atoms with Crippen LogP contribution in [0.2, 0.25) is 0 Å². The molecule has 0 saturated carbocycles. The van der Waals surface area contributed by atoms with Crippen molar-refractivity contribution >= 4 is 5.97 Å². The Morgan fingerprint density at radius 1 is 0.686 bits per heavy atom. The Morgan fingerprint density at radius 2 is 1.14 bits per heavy atom. The lowest BCUT2D eigenvalue weighted by Crippen LogP contribution is -2.41. The smallest absolute Gasteiger partial charge is 0.306 e. The quantitative estimate of drug-likeness (QED) is 0.175. The lowest BCUT2D eigenvalue weighted by atomic mass is 9.69. The minimum atomic E-state index is -1.52. The summed E-state index contributed by atoms with van der Waals surface area (Å²) in [6.07, 6.45) is -3.65. The van der Waals surface area contributed by atoms with Crippen LogP contribution in [0.15, 0.2) is 0 Å². The molecule has 8 heteroatoms. The number of ether oxygens (including phenoxy) is 1. The van der Waals surface area contributed by atoms with Gasteiger partial charge in [-0.3, -0.25) is 4.79 Å². The molecule has 5 atom stereocenters. The number of esters is 1. The van der Waals surface area contributed by atoms with E-state index >= 15 is 0 Å². The van der Waals surface area contributed by atoms with E-state index in [1.165, 1.54) is 0 Å². The van der Waals surface area contributed by atoms with Gasteiger partial charge in [0.2, 0.25) is 0 Å². The third-order valence-electron chi connectivity index (χ3n) is 6.18. The molecule has 0 amide bonds. The second-order valence-corrected chi connectivity index (χ2v) is 13.9. The maximum Gasteiger partial charge on any atom is 0.306 e. The van der Waals surface area contributed by atoms with Crippen molar-refractivity contribution in [1.29, 1.82) is 0 Å². The van der Waals surface area contributed by atoms with Gasteiger partial charge in [0.05, 0.1) is 24.7 Å². The van der Waals surface area contributed by atoms with Crippen LogP contribution in [0.3, 0.4) is 0 Å². The fourth-order valence-electron chi connectivity index (χ4n) is 5.62. The van der Waals surface area contributed by atoms with E-state index in [1.54, 1.807) is 0 Å². The fraction of sp³-hybridized carbons (Fsp3) is 0.963. The van der Waals surface area contributed by atoms with Crippen LogP contribution >= 0.6 is 0 Å². The van der Waals surface area contributed by atoms with Crippen molar-refractivity contribution in [3.63, 3.8) is 0 Å². The van der Waals surface area contributed by atoms with Gasteiger partial charge >= 0.3 is 5.97 Å². The Kier molecular flexibility index (Phi) is 13.4. The molecule has 0 radical (unpaired) electrons. The van der Waals surface area contributed by atoms with Crippen LogP contribution in [-0.2, 0) is 9.53 Å². The molecule has 8 nitrogen and oxygen atoms in total. The molecule has 35 heavy (non-hydrogen) atoms. The Balaban J connectivity index is 4.81. The highest BCUT2D eigenvalue weighted by molar-refractivity contribution is 5.70. The molecule has 0 saturated heterocycles. The van der Waals surface area contributed by atoms with E-state index in [-0.39, 0.29) is 35.7 Å².